The molecule has 0 aromatic heterocycles. The van der Waals surface area contributed by atoms with Gasteiger partial charge in [0.25, 0.3) is 0 Å². The quantitative estimate of drug-likeness (QED) is 0.242. The number of esters is 1. The molecule has 23 heavy (non-hydrogen) atoms. The Morgan fingerprint density at radius 1 is 0.870 bits per heavy atom. The summed E-state index contributed by atoms with van der Waals surface area (Å²) in [4.78, 5) is 10.8. The van der Waals surface area contributed by atoms with E-state index in [1.54, 1.807) is 0 Å². The normalized spacial score (nSPS) is 16.2. The highest BCUT2D eigenvalue weighted by atomic mass is 127. The van der Waals surface area contributed by atoms with Crippen LogP contribution in [-0.4, -0.2) is 46.9 Å². The topological polar surface area (TPSA) is 26.3 Å². The molecule has 0 aromatic carbocycles. The smallest absolute Gasteiger partial charge is 0.460 e. The Kier molecular flexibility index (Phi) is 6.23. The highest BCUT2D eigenvalue weighted by molar-refractivity contribution is 14.1. The molecule has 0 aliphatic carbocycles. The summed E-state index contributed by atoms with van der Waals surface area (Å²) in [6.07, 6.45) is -9.65. The Bertz CT molecular complexity index is 445. The number of hydrogen-bond donors (Lipinski definition) is 0. The third-order valence-electron chi connectivity index (χ3n) is 2.50. The minimum Gasteiger partial charge on any atom is -0.468 e. The van der Waals surface area contributed by atoms with Crippen molar-refractivity contribution < 1.29 is 57.8 Å². The fourth-order valence-corrected chi connectivity index (χ4v) is 1.98. The van der Waals surface area contributed by atoms with E-state index in [2.05, 4.69) is 4.74 Å². The lowest BCUT2D eigenvalue weighted by molar-refractivity contribution is -0.422. The SMILES string of the molecule is COC(=O)C(I)CC(F)(F)C(F)(F)C(F)(F)C(F)(F)C(F)(F)F. The summed E-state index contributed by atoms with van der Waals surface area (Å²) in [5.74, 6) is -29.7. The van der Waals surface area contributed by atoms with E-state index in [1.165, 1.54) is 0 Å². The summed E-state index contributed by atoms with van der Waals surface area (Å²) >= 11 is 0.756. The van der Waals surface area contributed by atoms with E-state index in [0.29, 0.717) is 7.11 Å². The number of carbonyl (C=O) groups excluding carboxylic acids is 1. The summed E-state index contributed by atoms with van der Waals surface area (Å²) in [5, 5.41) is 0. The van der Waals surface area contributed by atoms with Crippen LogP contribution in [0, 0.1) is 0 Å². The van der Waals surface area contributed by atoms with Crippen LogP contribution < -0.4 is 0 Å². The summed E-state index contributed by atoms with van der Waals surface area (Å²) in [7, 11) is 0.622. The molecule has 2 nitrogen and oxygen atoms in total. The van der Waals surface area contributed by atoms with Crippen molar-refractivity contribution in [2.45, 2.75) is 40.2 Å². The zero-order valence-electron chi connectivity index (χ0n) is 10.6. The second-order valence-electron chi connectivity index (χ2n) is 4.12. The van der Waals surface area contributed by atoms with Crippen molar-refractivity contribution in [2.24, 2.45) is 0 Å². The van der Waals surface area contributed by atoms with Gasteiger partial charge in [0.05, 0.1) is 7.11 Å². The number of rotatable bonds is 6. The van der Waals surface area contributed by atoms with E-state index in [0.717, 1.165) is 22.6 Å². The monoisotopic (exact) mass is 482 g/mol. The van der Waals surface area contributed by atoms with Crippen LogP contribution >= 0.6 is 22.6 Å². The molecule has 14 heteroatoms. The molecule has 0 rings (SSSR count). The van der Waals surface area contributed by atoms with Crippen LogP contribution in [-0.2, 0) is 9.53 Å². The number of ether oxygens (including phenoxy) is 1. The molecule has 0 fully saturated rings. The molecule has 0 saturated heterocycles. The van der Waals surface area contributed by atoms with Gasteiger partial charge in [-0.1, -0.05) is 22.6 Å². The molecule has 0 bridgehead atoms. The summed E-state index contributed by atoms with van der Waals surface area (Å²) < 4.78 is 140. The second-order valence-corrected chi connectivity index (χ2v) is 5.62. The first-order chi connectivity index (χ1) is 9.87. The van der Waals surface area contributed by atoms with E-state index < -0.39 is 46.2 Å². The lowest BCUT2D eigenvalue weighted by Crippen LogP contribution is -2.66. The van der Waals surface area contributed by atoms with Crippen LogP contribution in [0.4, 0.5) is 48.3 Å². The molecule has 0 aromatic rings. The Labute approximate surface area is 134 Å². The molecule has 0 saturated carbocycles. The van der Waals surface area contributed by atoms with Crippen molar-refractivity contribution >= 4 is 28.6 Å². The first-order valence-corrected chi connectivity index (χ1v) is 6.41. The van der Waals surface area contributed by atoms with E-state index in [-0.39, 0.29) is 0 Å². The number of alkyl halides is 12. The Morgan fingerprint density at radius 3 is 1.57 bits per heavy atom. The fraction of sp³-hybridized carbons (Fsp3) is 0.889. The second kappa shape index (κ2) is 6.38. The molecule has 0 heterocycles. The number of halogens is 12. The molecule has 0 amide bonds. The number of methoxy groups -OCH3 is 1. The minimum atomic E-state index is -7.46. The third kappa shape index (κ3) is 3.75. The summed E-state index contributed by atoms with van der Waals surface area (Å²) in [6.45, 7) is 0. The molecule has 1 unspecified atom stereocenters. The van der Waals surface area contributed by atoms with E-state index in [4.69, 9.17) is 0 Å². The van der Waals surface area contributed by atoms with Gasteiger partial charge in [0.15, 0.2) is 0 Å². The number of carbonyl (C=O) groups is 1. The minimum absolute atomic E-state index is 0.622. The fourth-order valence-electron chi connectivity index (χ4n) is 1.17. The first kappa shape index (κ1) is 22.4. The van der Waals surface area contributed by atoms with Gasteiger partial charge in [0.1, 0.15) is 3.92 Å². The summed E-state index contributed by atoms with van der Waals surface area (Å²) in [6, 6.07) is 0. The highest BCUT2D eigenvalue weighted by Gasteiger charge is 2.87. The maximum Gasteiger partial charge on any atom is 0.460 e. The van der Waals surface area contributed by atoms with Crippen LogP contribution in [0.3, 0.4) is 0 Å². The lowest BCUT2D eigenvalue weighted by atomic mass is 9.95. The molecule has 0 aliphatic heterocycles. The molecular weight excluding hydrogens is 476 g/mol. The van der Waals surface area contributed by atoms with Crippen LogP contribution in [0.2, 0.25) is 0 Å². The maximum absolute atomic E-state index is 13.2. The predicted octanol–water partition coefficient (Wildman–Crippen LogP) is 4.46. The zero-order chi connectivity index (χ0) is 19.1. The van der Waals surface area contributed by atoms with Crippen LogP contribution in [0.25, 0.3) is 0 Å². The number of hydrogen-bond acceptors (Lipinski definition) is 2. The molecule has 1 atom stereocenters. The Morgan fingerprint density at radius 2 is 1.26 bits per heavy atom. The highest BCUT2D eigenvalue weighted by Crippen LogP contribution is 2.58. The van der Waals surface area contributed by atoms with Crippen LogP contribution in [0.5, 0.6) is 0 Å². The van der Waals surface area contributed by atoms with Gasteiger partial charge in [0, 0.05) is 6.42 Å². The first-order valence-electron chi connectivity index (χ1n) is 5.16. The van der Waals surface area contributed by atoms with Gasteiger partial charge < -0.3 is 4.74 Å². The molecule has 0 N–H and O–H groups in total. The Hall–Kier alpha value is -0.570. The third-order valence-corrected chi connectivity index (χ3v) is 3.45. The van der Waals surface area contributed by atoms with Gasteiger partial charge in [-0.2, -0.15) is 48.3 Å². The molecule has 0 spiro atoms. The molecule has 138 valence electrons. The van der Waals surface area contributed by atoms with Gasteiger partial charge in [-0.15, -0.1) is 0 Å². The van der Waals surface area contributed by atoms with Gasteiger partial charge in [-0.25, -0.2) is 0 Å². The van der Waals surface area contributed by atoms with Gasteiger partial charge in [0.2, 0.25) is 0 Å². The average molecular weight is 482 g/mol. The van der Waals surface area contributed by atoms with E-state index in [9.17, 15) is 53.1 Å². The zero-order valence-corrected chi connectivity index (χ0v) is 12.8. The Balaban J connectivity index is 5.80. The van der Waals surface area contributed by atoms with Crippen LogP contribution in [0.15, 0.2) is 0 Å². The van der Waals surface area contributed by atoms with Crippen molar-refractivity contribution in [3.05, 3.63) is 0 Å². The van der Waals surface area contributed by atoms with Crippen molar-refractivity contribution in [3.63, 3.8) is 0 Å². The molecule has 0 aliphatic rings. The van der Waals surface area contributed by atoms with Crippen molar-refractivity contribution in [1.29, 1.82) is 0 Å². The maximum atomic E-state index is 13.2. The van der Waals surface area contributed by atoms with Crippen molar-refractivity contribution in [2.75, 3.05) is 7.11 Å². The predicted molar refractivity (Wildman–Crippen MR) is 60.3 cm³/mol. The van der Waals surface area contributed by atoms with E-state index in [1.807, 2.05) is 0 Å². The molecule has 0 radical (unpaired) electrons. The average Bonchev–Trinajstić information content (AvgIpc) is 2.34. The van der Waals surface area contributed by atoms with Gasteiger partial charge >= 0.3 is 35.8 Å². The summed E-state index contributed by atoms with van der Waals surface area (Å²) in [5.41, 5.74) is 0. The standard InChI is InChI=1S/C9H6F11IO2/c1-23-4(22)3(21)2-5(10,11)6(12,13)7(14,15)8(16,17)9(18,19)20/h3H,2H2,1H3. The van der Waals surface area contributed by atoms with Crippen molar-refractivity contribution in [1.82, 2.24) is 0 Å². The van der Waals surface area contributed by atoms with Crippen molar-refractivity contribution in [3.8, 4) is 0 Å². The van der Waals surface area contributed by atoms with Crippen LogP contribution in [0.1, 0.15) is 6.42 Å². The van der Waals surface area contributed by atoms with Gasteiger partial charge in [-0.3, -0.25) is 4.79 Å². The molecular formula is C9H6F11IO2. The van der Waals surface area contributed by atoms with E-state index >= 15 is 0 Å². The lowest BCUT2D eigenvalue weighted by Gasteiger charge is -2.37. The largest absolute Gasteiger partial charge is 0.468 e. The van der Waals surface area contributed by atoms with Gasteiger partial charge in [-0.05, 0) is 0 Å².